The SMILES string of the molecule is Cc1c(Cc2ccccc2)c(=O)oc2c(C)c(OC(=O)C3CCCCC3)ccc12. The van der Waals surface area contributed by atoms with E-state index in [1.54, 1.807) is 0 Å². The average molecular weight is 390 g/mol. The normalized spacial score (nSPS) is 14.8. The van der Waals surface area contributed by atoms with Crippen LogP contribution in [0.2, 0.25) is 0 Å². The summed E-state index contributed by atoms with van der Waals surface area (Å²) in [5, 5.41) is 0.880. The Kier molecular flexibility index (Phi) is 5.52. The minimum absolute atomic E-state index is 0.0270. The number of rotatable bonds is 4. The van der Waals surface area contributed by atoms with E-state index < -0.39 is 0 Å². The van der Waals surface area contributed by atoms with Crippen molar-refractivity contribution >= 4 is 16.9 Å². The first-order chi connectivity index (χ1) is 14.0. The maximum Gasteiger partial charge on any atom is 0.340 e. The Morgan fingerprint density at radius 1 is 1.00 bits per heavy atom. The fourth-order valence-electron chi connectivity index (χ4n) is 4.22. The van der Waals surface area contributed by atoms with Gasteiger partial charge in [0, 0.05) is 22.9 Å². The second-order valence-electron chi connectivity index (χ2n) is 7.98. The molecule has 0 radical (unpaired) electrons. The summed E-state index contributed by atoms with van der Waals surface area (Å²) < 4.78 is 11.4. The van der Waals surface area contributed by atoms with Crippen LogP contribution in [0.4, 0.5) is 0 Å². The molecule has 1 fully saturated rings. The van der Waals surface area contributed by atoms with Crippen molar-refractivity contribution in [3.63, 3.8) is 0 Å². The third kappa shape index (κ3) is 3.98. The van der Waals surface area contributed by atoms with E-state index >= 15 is 0 Å². The Morgan fingerprint density at radius 3 is 2.45 bits per heavy atom. The van der Waals surface area contributed by atoms with Crippen LogP contribution >= 0.6 is 0 Å². The van der Waals surface area contributed by atoms with Crippen LogP contribution in [0, 0.1) is 19.8 Å². The van der Waals surface area contributed by atoms with Crippen LogP contribution in [0.15, 0.2) is 51.7 Å². The molecule has 1 saturated carbocycles. The standard InChI is InChI=1S/C25H26O4/c1-16-20-13-14-22(28-24(26)19-11-7-4-8-12-19)17(2)23(20)29-25(27)21(16)15-18-9-5-3-6-10-18/h3,5-6,9-10,13-14,19H,4,7-8,11-12,15H2,1-2H3. The summed E-state index contributed by atoms with van der Waals surface area (Å²) in [6.45, 7) is 3.79. The first-order valence-electron chi connectivity index (χ1n) is 10.4. The third-order valence-electron chi connectivity index (χ3n) is 6.03. The number of benzene rings is 2. The molecule has 1 aromatic heterocycles. The molecule has 0 unspecified atom stereocenters. The van der Waals surface area contributed by atoms with E-state index in [0.29, 0.717) is 28.9 Å². The highest BCUT2D eigenvalue weighted by Gasteiger charge is 2.24. The minimum Gasteiger partial charge on any atom is -0.426 e. The summed E-state index contributed by atoms with van der Waals surface area (Å²) in [5.74, 6) is 0.277. The summed E-state index contributed by atoms with van der Waals surface area (Å²) in [5.41, 5.74) is 3.49. The molecule has 0 bridgehead atoms. The smallest absolute Gasteiger partial charge is 0.340 e. The van der Waals surface area contributed by atoms with E-state index in [4.69, 9.17) is 9.15 Å². The zero-order chi connectivity index (χ0) is 20.4. The monoisotopic (exact) mass is 390 g/mol. The van der Waals surface area contributed by atoms with E-state index in [0.717, 1.165) is 42.2 Å². The van der Waals surface area contributed by atoms with Gasteiger partial charge in [0.25, 0.3) is 0 Å². The number of carbonyl (C=O) groups is 1. The van der Waals surface area contributed by atoms with E-state index in [9.17, 15) is 9.59 Å². The Morgan fingerprint density at radius 2 is 1.72 bits per heavy atom. The maximum absolute atomic E-state index is 12.7. The molecule has 0 saturated heterocycles. The van der Waals surface area contributed by atoms with Gasteiger partial charge < -0.3 is 9.15 Å². The van der Waals surface area contributed by atoms with Crippen molar-refractivity contribution in [2.45, 2.75) is 52.4 Å². The maximum atomic E-state index is 12.7. The summed E-state index contributed by atoms with van der Waals surface area (Å²) in [4.78, 5) is 25.2. The Labute approximate surface area is 170 Å². The number of carbonyl (C=O) groups excluding carboxylic acids is 1. The quantitative estimate of drug-likeness (QED) is 0.336. The fourth-order valence-corrected chi connectivity index (χ4v) is 4.22. The fraction of sp³-hybridized carbons (Fsp3) is 0.360. The summed E-state index contributed by atoms with van der Waals surface area (Å²) in [6, 6.07) is 13.6. The molecule has 4 heteroatoms. The van der Waals surface area contributed by atoms with Gasteiger partial charge in [-0.15, -0.1) is 0 Å². The predicted octanol–water partition coefficient (Wildman–Crippen LogP) is 5.49. The molecular formula is C25H26O4. The number of hydrogen-bond acceptors (Lipinski definition) is 4. The van der Waals surface area contributed by atoms with Crippen LogP contribution in [-0.2, 0) is 11.2 Å². The zero-order valence-electron chi connectivity index (χ0n) is 17.0. The van der Waals surface area contributed by atoms with Gasteiger partial charge in [-0.05, 0) is 49.9 Å². The van der Waals surface area contributed by atoms with Crippen LogP contribution in [0.3, 0.4) is 0 Å². The molecule has 1 aliphatic rings. The van der Waals surface area contributed by atoms with Crippen molar-refractivity contribution in [2.75, 3.05) is 0 Å². The van der Waals surface area contributed by atoms with Gasteiger partial charge in [0.05, 0.1) is 5.92 Å². The molecule has 150 valence electrons. The highest BCUT2D eigenvalue weighted by atomic mass is 16.5. The average Bonchev–Trinajstić information content (AvgIpc) is 2.75. The molecule has 0 atom stereocenters. The molecular weight excluding hydrogens is 364 g/mol. The van der Waals surface area contributed by atoms with Gasteiger partial charge in [0.2, 0.25) is 0 Å². The molecule has 1 aliphatic carbocycles. The Balaban J connectivity index is 1.67. The molecule has 0 N–H and O–H groups in total. The van der Waals surface area contributed by atoms with Gasteiger partial charge in [-0.3, -0.25) is 4.79 Å². The molecule has 1 heterocycles. The first-order valence-corrected chi connectivity index (χ1v) is 10.4. The third-order valence-corrected chi connectivity index (χ3v) is 6.03. The van der Waals surface area contributed by atoms with Crippen molar-refractivity contribution < 1.29 is 13.9 Å². The summed E-state index contributed by atoms with van der Waals surface area (Å²) in [6.07, 6.45) is 5.66. The van der Waals surface area contributed by atoms with E-state index in [1.807, 2.05) is 56.3 Å². The summed E-state index contributed by atoms with van der Waals surface area (Å²) in [7, 11) is 0. The minimum atomic E-state index is -0.335. The molecule has 2 aromatic carbocycles. The predicted molar refractivity (Wildman–Crippen MR) is 113 cm³/mol. The van der Waals surface area contributed by atoms with Crippen LogP contribution in [-0.4, -0.2) is 5.97 Å². The molecule has 4 nitrogen and oxygen atoms in total. The van der Waals surface area contributed by atoms with Crippen molar-refractivity contribution in [3.05, 3.63) is 75.1 Å². The molecule has 0 amide bonds. The van der Waals surface area contributed by atoms with Gasteiger partial charge in [0.1, 0.15) is 11.3 Å². The number of ether oxygens (including phenoxy) is 1. The highest BCUT2D eigenvalue weighted by molar-refractivity contribution is 5.87. The summed E-state index contributed by atoms with van der Waals surface area (Å²) >= 11 is 0. The van der Waals surface area contributed by atoms with Crippen molar-refractivity contribution in [3.8, 4) is 5.75 Å². The van der Waals surface area contributed by atoms with E-state index in [-0.39, 0.29) is 17.5 Å². The lowest BCUT2D eigenvalue weighted by atomic mass is 9.89. The number of aryl methyl sites for hydroxylation is 2. The number of fused-ring (bicyclic) bond motifs is 1. The molecule has 4 rings (SSSR count). The van der Waals surface area contributed by atoms with Crippen LogP contribution < -0.4 is 10.4 Å². The van der Waals surface area contributed by atoms with Gasteiger partial charge in [0.15, 0.2) is 0 Å². The van der Waals surface area contributed by atoms with Gasteiger partial charge in [-0.1, -0.05) is 49.6 Å². The zero-order valence-corrected chi connectivity index (χ0v) is 17.0. The second-order valence-corrected chi connectivity index (χ2v) is 7.98. The lowest BCUT2D eigenvalue weighted by Gasteiger charge is -2.20. The van der Waals surface area contributed by atoms with Crippen molar-refractivity contribution in [1.29, 1.82) is 0 Å². The van der Waals surface area contributed by atoms with Crippen molar-refractivity contribution in [2.24, 2.45) is 5.92 Å². The van der Waals surface area contributed by atoms with Crippen LogP contribution in [0.1, 0.15) is 54.4 Å². The Bertz CT molecular complexity index is 1090. The number of hydrogen-bond donors (Lipinski definition) is 0. The van der Waals surface area contributed by atoms with Gasteiger partial charge >= 0.3 is 11.6 Å². The first kappa shape index (κ1) is 19.4. The highest BCUT2D eigenvalue weighted by Crippen LogP contribution is 2.32. The molecule has 0 aliphatic heterocycles. The van der Waals surface area contributed by atoms with Crippen LogP contribution in [0.5, 0.6) is 5.75 Å². The van der Waals surface area contributed by atoms with Crippen molar-refractivity contribution in [1.82, 2.24) is 0 Å². The lowest BCUT2D eigenvalue weighted by molar-refractivity contribution is -0.140. The topological polar surface area (TPSA) is 56.5 Å². The van der Waals surface area contributed by atoms with E-state index in [1.165, 1.54) is 6.42 Å². The molecule has 3 aromatic rings. The lowest BCUT2D eigenvalue weighted by Crippen LogP contribution is -2.23. The second kappa shape index (κ2) is 8.24. The van der Waals surface area contributed by atoms with Gasteiger partial charge in [-0.2, -0.15) is 0 Å². The van der Waals surface area contributed by atoms with Crippen LogP contribution in [0.25, 0.3) is 11.0 Å². The van der Waals surface area contributed by atoms with Gasteiger partial charge in [-0.25, -0.2) is 4.79 Å². The van der Waals surface area contributed by atoms with E-state index in [2.05, 4.69) is 0 Å². The Hall–Kier alpha value is -2.88. The number of esters is 1. The largest absolute Gasteiger partial charge is 0.426 e. The molecule has 0 spiro atoms. The molecule has 29 heavy (non-hydrogen) atoms.